The van der Waals surface area contributed by atoms with Crippen LogP contribution in [0.15, 0.2) is 42.7 Å². The molecule has 2 aliphatic heterocycles. The Morgan fingerprint density at radius 3 is 2.61 bits per heavy atom. The molecule has 9 heteroatoms. The van der Waals surface area contributed by atoms with Crippen molar-refractivity contribution in [1.82, 2.24) is 14.8 Å². The third-order valence-electron chi connectivity index (χ3n) is 5.51. The van der Waals surface area contributed by atoms with Crippen LogP contribution >= 0.6 is 0 Å². The third kappa shape index (κ3) is 5.71. The van der Waals surface area contributed by atoms with Crippen LogP contribution in [0.2, 0.25) is 0 Å². The molecule has 0 radical (unpaired) electrons. The van der Waals surface area contributed by atoms with Gasteiger partial charge in [0.2, 0.25) is 12.7 Å². The van der Waals surface area contributed by atoms with E-state index >= 15 is 0 Å². The van der Waals surface area contributed by atoms with Crippen LogP contribution in [0.25, 0.3) is 0 Å². The van der Waals surface area contributed by atoms with Gasteiger partial charge in [-0.25, -0.2) is 0 Å². The minimum Gasteiger partial charge on any atom is -0.481 e. The Morgan fingerprint density at radius 2 is 1.87 bits per heavy atom. The standard InChI is InChI=1S/C22H26N4O5/c27-21(24-18-3-4-19-20(11-18)31-15-30-19)10-17(22(28)29)14-26-8-6-25(7-9-26)13-16-2-1-5-23-12-16/h1-5,11-12,17H,6-10,13-15H2,(H,24,27)(H,28,29)/t17-/m1/s1. The normalized spacial score (nSPS) is 17.3. The molecule has 3 heterocycles. The van der Waals surface area contributed by atoms with Gasteiger partial charge in [-0.3, -0.25) is 24.4 Å². The summed E-state index contributed by atoms with van der Waals surface area (Å²) in [6.07, 6.45) is 3.54. The number of amides is 1. The van der Waals surface area contributed by atoms with Crippen molar-refractivity contribution in [3.05, 3.63) is 48.3 Å². The van der Waals surface area contributed by atoms with Crippen LogP contribution in [-0.2, 0) is 16.1 Å². The predicted molar refractivity (Wildman–Crippen MR) is 113 cm³/mol. The minimum absolute atomic E-state index is 0.0837. The Balaban J connectivity index is 1.25. The summed E-state index contributed by atoms with van der Waals surface area (Å²) in [4.78, 5) is 32.8. The molecule has 0 unspecified atom stereocenters. The highest BCUT2D eigenvalue weighted by molar-refractivity contribution is 5.93. The van der Waals surface area contributed by atoms with E-state index in [-0.39, 0.29) is 19.1 Å². The number of ether oxygens (including phenoxy) is 2. The van der Waals surface area contributed by atoms with Gasteiger partial charge in [-0.15, -0.1) is 0 Å². The largest absolute Gasteiger partial charge is 0.481 e. The van der Waals surface area contributed by atoms with Gasteiger partial charge in [-0.1, -0.05) is 6.07 Å². The van der Waals surface area contributed by atoms with Crippen molar-refractivity contribution in [2.45, 2.75) is 13.0 Å². The van der Waals surface area contributed by atoms with E-state index in [0.29, 0.717) is 23.7 Å². The number of piperazine rings is 1. The van der Waals surface area contributed by atoms with Gasteiger partial charge in [0.15, 0.2) is 11.5 Å². The summed E-state index contributed by atoms with van der Waals surface area (Å²) in [5.74, 6) is -0.861. The zero-order chi connectivity index (χ0) is 21.6. The average Bonchev–Trinajstić information content (AvgIpc) is 3.23. The Labute approximate surface area is 180 Å². The molecule has 0 aliphatic carbocycles. The van der Waals surface area contributed by atoms with Crippen molar-refractivity contribution < 1.29 is 24.2 Å². The number of rotatable bonds is 8. The summed E-state index contributed by atoms with van der Waals surface area (Å²) in [5, 5.41) is 12.4. The van der Waals surface area contributed by atoms with Crippen LogP contribution in [-0.4, -0.2) is 71.3 Å². The number of hydrogen-bond donors (Lipinski definition) is 2. The van der Waals surface area contributed by atoms with Gasteiger partial charge >= 0.3 is 5.97 Å². The van der Waals surface area contributed by atoms with E-state index < -0.39 is 11.9 Å². The second kappa shape index (κ2) is 9.76. The number of benzene rings is 1. The SMILES string of the molecule is O=C(C[C@H](CN1CCN(Cc2cccnc2)CC1)C(=O)O)Nc1ccc2c(c1)OCO2. The van der Waals surface area contributed by atoms with E-state index in [1.807, 2.05) is 12.3 Å². The van der Waals surface area contributed by atoms with Crippen molar-refractivity contribution in [2.75, 3.05) is 44.8 Å². The summed E-state index contributed by atoms with van der Waals surface area (Å²) in [7, 11) is 0. The molecule has 31 heavy (non-hydrogen) atoms. The van der Waals surface area contributed by atoms with Gasteiger partial charge < -0.3 is 19.9 Å². The van der Waals surface area contributed by atoms with Crippen LogP contribution < -0.4 is 14.8 Å². The second-order valence-electron chi connectivity index (χ2n) is 7.79. The fourth-order valence-corrected chi connectivity index (χ4v) is 3.83. The van der Waals surface area contributed by atoms with E-state index in [4.69, 9.17) is 9.47 Å². The summed E-state index contributed by atoms with van der Waals surface area (Å²) in [6.45, 7) is 4.59. The molecule has 1 aromatic carbocycles. The molecule has 2 aliphatic rings. The highest BCUT2D eigenvalue weighted by Gasteiger charge is 2.26. The van der Waals surface area contributed by atoms with E-state index in [9.17, 15) is 14.7 Å². The zero-order valence-electron chi connectivity index (χ0n) is 17.2. The maximum atomic E-state index is 12.4. The average molecular weight is 426 g/mol. The number of nitrogens with zero attached hydrogens (tertiary/aromatic N) is 3. The Hall–Kier alpha value is -3.17. The van der Waals surface area contributed by atoms with Gasteiger partial charge in [0.25, 0.3) is 0 Å². The molecule has 1 saturated heterocycles. The Bertz CT molecular complexity index is 915. The number of carbonyl (C=O) groups excluding carboxylic acids is 1. The predicted octanol–water partition coefficient (Wildman–Crippen LogP) is 1.66. The summed E-state index contributed by atoms with van der Waals surface area (Å²) < 4.78 is 10.6. The summed E-state index contributed by atoms with van der Waals surface area (Å²) in [6, 6.07) is 9.09. The van der Waals surface area contributed by atoms with Crippen molar-refractivity contribution in [3.63, 3.8) is 0 Å². The number of aliphatic carboxylic acids is 1. The molecule has 1 atom stereocenters. The molecular formula is C22H26N4O5. The van der Waals surface area contributed by atoms with Gasteiger partial charge in [0.1, 0.15) is 0 Å². The molecule has 0 saturated carbocycles. The number of carbonyl (C=O) groups is 2. The van der Waals surface area contributed by atoms with Crippen molar-refractivity contribution >= 4 is 17.6 Å². The van der Waals surface area contributed by atoms with Gasteiger partial charge in [0, 0.05) is 69.8 Å². The van der Waals surface area contributed by atoms with Crippen molar-refractivity contribution in [1.29, 1.82) is 0 Å². The lowest BCUT2D eigenvalue weighted by atomic mass is 10.0. The van der Waals surface area contributed by atoms with Crippen LogP contribution in [0.1, 0.15) is 12.0 Å². The summed E-state index contributed by atoms with van der Waals surface area (Å²) in [5.41, 5.74) is 1.72. The van der Waals surface area contributed by atoms with Crippen LogP contribution in [0, 0.1) is 5.92 Å². The lowest BCUT2D eigenvalue weighted by Crippen LogP contribution is -2.48. The quantitative estimate of drug-likeness (QED) is 0.657. The number of pyridine rings is 1. The molecule has 164 valence electrons. The number of carboxylic acids is 1. The number of nitrogens with one attached hydrogen (secondary N) is 1. The molecule has 1 amide bonds. The molecule has 0 bridgehead atoms. The molecule has 2 N–H and O–H groups in total. The van der Waals surface area contributed by atoms with Crippen LogP contribution in [0.5, 0.6) is 11.5 Å². The maximum Gasteiger partial charge on any atom is 0.308 e. The molecular weight excluding hydrogens is 400 g/mol. The molecule has 2 aromatic rings. The van der Waals surface area contributed by atoms with E-state index in [0.717, 1.165) is 32.7 Å². The lowest BCUT2D eigenvalue weighted by molar-refractivity contribution is -0.144. The Morgan fingerprint density at radius 1 is 1.10 bits per heavy atom. The van der Waals surface area contributed by atoms with Crippen LogP contribution in [0.4, 0.5) is 5.69 Å². The molecule has 9 nitrogen and oxygen atoms in total. The topological polar surface area (TPSA) is 104 Å². The smallest absolute Gasteiger partial charge is 0.308 e. The fourth-order valence-electron chi connectivity index (χ4n) is 3.83. The number of aromatic nitrogens is 1. The lowest BCUT2D eigenvalue weighted by Gasteiger charge is -2.35. The first kappa shape index (κ1) is 21.1. The minimum atomic E-state index is -0.960. The first-order valence-electron chi connectivity index (χ1n) is 10.3. The molecule has 4 rings (SSSR count). The van der Waals surface area contributed by atoms with Gasteiger partial charge in [0.05, 0.1) is 5.92 Å². The fraction of sp³-hybridized carbons (Fsp3) is 0.409. The first-order valence-corrected chi connectivity index (χ1v) is 10.3. The van der Waals surface area contributed by atoms with Crippen molar-refractivity contribution in [3.8, 4) is 11.5 Å². The van der Waals surface area contributed by atoms with Crippen LogP contribution in [0.3, 0.4) is 0 Å². The number of anilines is 1. The highest BCUT2D eigenvalue weighted by Crippen LogP contribution is 2.34. The van der Waals surface area contributed by atoms with E-state index in [1.165, 1.54) is 5.56 Å². The van der Waals surface area contributed by atoms with E-state index in [1.54, 1.807) is 24.4 Å². The Kier molecular flexibility index (Phi) is 6.63. The van der Waals surface area contributed by atoms with Crippen molar-refractivity contribution in [2.24, 2.45) is 5.92 Å². The zero-order valence-corrected chi connectivity index (χ0v) is 17.2. The molecule has 1 aromatic heterocycles. The van der Waals surface area contributed by atoms with Gasteiger partial charge in [-0.2, -0.15) is 0 Å². The first-order chi connectivity index (χ1) is 15.1. The number of fused-ring (bicyclic) bond motifs is 1. The third-order valence-corrected chi connectivity index (χ3v) is 5.51. The second-order valence-corrected chi connectivity index (χ2v) is 7.79. The summed E-state index contributed by atoms with van der Waals surface area (Å²) >= 11 is 0. The van der Waals surface area contributed by atoms with Gasteiger partial charge in [-0.05, 0) is 23.8 Å². The number of hydrogen-bond acceptors (Lipinski definition) is 7. The number of carboxylic acid groups (broad SMARTS) is 1. The molecule has 1 fully saturated rings. The maximum absolute atomic E-state index is 12.4. The molecule has 0 spiro atoms. The monoisotopic (exact) mass is 426 g/mol. The van der Waals surface area contributed by atoms with E-state index in [2.05, 4.69) is 26.2 Å². The highest BCUT2D eigenvalue weighted by atomic mass is 16.7.